The highest BCUT2D eigenvalue weighted by molar-refractivity contribution is 6.04. The minimum Gasteiger partial charge on any atom is -0.478 e. The summed E-state index contributed by atoms with van der Waals surface area (Å²) in [7, 11) is 0. The summed E-state index contributed by atoms with van der Waals surface area (Å²) in [6, 6.07) is 25.1. The predicted molar refractivity (Wildman–Crippen MR) is 156 cm³/mol. The molecule has 2 amide bonds. The van der Waals surface area contributed by atoms with Crippen molar-refractivity contribution in [2.75, 3.05) is 5.32 Å². The van der Waals surface area contributed by atoms with E-state index in [0.717, 1.165) is 54.2 Å². The number of carboxylic acid groups (broad SMARTS) is 1. The molecule has 1 aliphatic heterocycles. The van der Waals surface area contributed by atoms with E-state index < -0.39 is 5.97 Å². The molecule has 5 rings (SSSR count). The molecule has 204 valence electrons. The van der Waals surface area contributed by atoms with E-state index in [1.54, 1.807) is 23.2 Å². The molecule has 1 heterocycles. The number of rotatable bonds is 9. The quantitative estimate of drug-likeness (QED) is 0.318. The van der Waals surface area contributed by atoms with Gasteiger partial charge >= 0.3 is 5.97 Å². The van der Waals surface area contributed by atoms with Crippen molar-refractivity contribution in [1.29, 1.82) is 0 Å². The van der Waals surface area contributed by atoms with E-state index in [0.29, 0.717) is 30.6 Å². The maximum atomic E-state index is 13.6. The van der Waals surface area contributed by atoms with Crippen LogP contribution in [0.3, 0.4) is 0 Å². The van der Waals surface area contributed by atoms with Crippen LogP contribution in [0.5, 0.6) is 0 Å². The molecule has 40 heavy (non-hydrogen) atoms. The van der Waals surface area contributed by atoms with Crippen LogP contribution in [0.25, 0.3) is 6.08 Å². The number of hydrogen-bond donors (Lipinski definition) is 2. The second-order valence-corrected chi connectivity index (χ2v) is 10.4. The van der Waals surface area contributed by atoms with Gasteiger partial charge in [-0.1, -0.05) is 79.6 Å². The van der Waals surface area contributed by atoms with Crippen LogP contribution in [0.2, 0.25) is 0 Å². The highest BCUT2D eigenvalue weighted by atomic mass is 16.4. The Morgan fingerprint density at radius 1 is 0.975 bits per heavy atom. The van der Waals surface area contributed by atoms with E-state index in [1.807, 2.05) is 60.7 Å². The van der Waals surface area contributed by atoms with E-state index in [2.05, 4.69) is 10.4 Å². The maximum absolute atomic E-state index is 13.6. The van der Waals surface area contributed by atoms with Gasteiger partial charge in [-0.3, -0.25) is 9.59 Å². The fraction of sp³-hybridized carbons (Fsp3) is 0.273. The Bertz CT molecular complexity index is 1420. The summed E-state index contributed by atoms with van der Waals surface area (Å²) >= 11 is 0. The third-order valence-corrected chi connectivity index (χ3v) is 7.61. The van der Waals surface area contributed by atoms with Gasteiger partial charge in [-0.2, -0.15) is 5.10 Å². The molecule has 3 aromatic rings. The molecule has 1 atom stereocenters. The molecular formula is C33H33N3O4. The lowest BCUT2D eigenvalue weighted by Crippen LogP contribution is -2.31. The van der Waals surface area contributed by atoms with Gasteiger partial charge in [0.1, 0.15) is 0 Å². The van der Waals surface area contributed by atoms with E-state index in [4.69, 9.17) is 5.11 Å². The third kappa shape index (κ3) is 6.72. The number of nitrogens with zero attached hydrogens (tertiary/aromatic N) is 2. The molecule has 7 nitrogen and oxygen atoms in total. The van der Waals surface area contributed by atoms with Gasteiger partial charge in [0, 0.05) is 24.6 Å². The van der Waals surface area contributed by atoms with Crippen molar-refractivity contribution in [3.05, 3.63) is 107 Å². The number of amides is 2. The first-order chi connectivity index (χ1) is 19.5. The lowest BCUT2D eigenvalue weighted by atomic mass is 9.83. The number of nitrogens with one attached hydrogen (secondary N) is 1. The Labute approximate surface area is 234 Å². The lowest BCUT2D eigenvalue weighted by molar-refractivity contribution is -0.132. The topological polar surface area (TPSA) is 99.1 Å². The maximum Gasteiger partial charge on any atom is 0.328 e. The molecule has 1 aliphatic carbocycles. The summed E-state index contributed by atoms with van der Waals surface area (Å²) in [4.78, 5) is 37.1. The summed E-state index contributed by atoms with van der Waals surface area (Å²) in [6.45, 7) is 0.381. The largest absolute Gasteiger partial charge is 0.478 e. The molecule has 0 radical (unpaired) electrons. The van der Waals surface area contributed by atoms with Crippen molar-refractivity contribution in [3.63, 3.8) is 0 Å². The first-order valence-corrected chi connectivity index (χ1v) is 13.8. The van der Waals surface area contributed by atoms with Crippen LogP contribution in [0.15, 0.2) is 90.0 Å². The predicted octanol–water partition coefficient (Wildman–Crippen LogP) is 6.22. The Morgan fingerprint density at radius 2 is 1.73 bits per heavy atom. The molecular weight excluding hydrogens is 502 g/mol. The Hall–Kier alpha value is -4.52. The molecule has 1 saturated carbocycles. The van der Waals surface area contributed by atoms with Crippen LogP contribution in [-0.4, -0.2) is 33.6 Å². The normalized spacial score (nSPS) is 16.6. The second-order valence-electron chi connectivity index (χ2n) is 10.4. The minimum absolute atomic E-state index is 0.00685. The molecule has 1 unspecified atom stereocenters. The van der Waals surface area contributed by atoms with Crippen molar-refractivity contribution in [2.45, 2.75) is 51.0 Å². The summed E-state index contributed by atoms with van der Waals surface area (Å²) in [5, 5.41) is 18.2. The molecule has 0 bridgehead atoms. The average molecular weight is 536 g/mol. The van der Waals surface area contributed by atoms with E-state index >= 15 is 0 Å². The fourth-order valence-electron chi connectivity index (χ4n) is 5.60. The number of aliphatic carboxylic acids is 1. The van der Waals surface area contributed by atoms with Gasteiger partial charge in [0.25, 0.3) is 0 Å². The lowest BCUT2D eigenvalue weighted by Gasteiger charge is -2.25. The number of hydrazone groups is 1. The second kappa shape index (κ2) is 12.6. The van der Waals surface area contributed by atoms with Gasteiger partial charge in [0.2, 0.25) is 11.8 Å². The molecule has 0 spiro atoms. The van der Waals surface area contributed by atoms with E-state index in [1.165, 1.54) is 6.08 Å². The van der Waals surface area contributed by atoms with Gasteiger partial charge in [-0.05, 0) is 59.2 Å². The van der Waals surface area contributed by atoms with Gasteiger partial charge < -0.3 is 10.4 Å². The number of carbonyl (C=O) groups excluding carboxylic acids is 2. The van der Waals surface area contributed by atoms with E-state index in [-0.39, 0.29) is 23.7 Å². The van der Waals surface area contributed by atoms with Crippen molar-refractivity contribution in [3.8, 4) is 0 Å². The highest BCUT2D eigenvalue weighted by Crippen LogP contribution is 2.38. The van der Waals surface area contributed by atoms with Crippen LogP contribution in [0.4, 0.5) is 5.69 Å². The van der Waals surface area contributed by atoms with Crippen molar-refractivity contribution in [1.82, 2.24) is 5.01 Å². The molecule has 0 saturated heterocycles. The number of carboxylic acids is 1. The minimum atomic E-state index is -1.02. The number of anilines is 1. The summed E-state index contributed by atoms with van der Waals surface area (Å²) < 4.78 is 0. The summed E-state index contributed by atoms with van der Waals surface area (Å²) in [5.74, 6) is -1.13. The third-order valence-electron chi connectivity index (χ3n) is 7.61. The number of benzene rings is 3. The van der Waals surface area contributed by atoms with Gasteiger partial charge in [0.05, 0.1) is 18.2 Å². The first-order valence-electron chi connectivity index (χ1n) is 13.8. The zero-order chi connectivity index (χ0) is 27.9. The highest BCUT2D eigenvalue weighted by Gasteiger charge is 2.32. The number of carbonyl (C=O) groups is 3. The first kappa shape index (κ1) is 27.1. The molecule has 2 N–H and O–H groups in total. The summed E-state index contributed by atoms with van der Waals surface area (Å²) in [6.07, 6.45) is 7.88. The smallest absolute Gasteiger partial charge is 0.328 e. The van der Waals surface area contributed by atoms with Crippen molar-refractivity contribution >= 4 is 35.3 Å². The van der Waals surface area contributed by atoms with Crippen molar-refractivity contribution < 1.29 is 19.5 Å². The summed E-state index contributed by atoms with van der Waals surface area (Å²) in [5.41, 5.74) is 5.19. The van der Waals surface area contributed by atoms with Gasteiger partial charge in [-0.15, -0.1) is 0 Å². The van der Waals surface area contributed by atoms with Crippen LogP contribution < -0.4 is 5.32 Å². The monoisotopic (exact) mass is 535 g/mol. The van der Waals surface area contributed by atoms with Gasteiger partial charge in [-0.25, -0.2) is 9.80 Å². The Morgan fingerprint density at radius 3 is 2.45 bits per heavy atom. The van der Waals surface area contributed by atoms with Crippen LogP contribution in [0.1, 0.15) is 66.7 Å². The molecule has 7 heteroatoms. The molecule has 3 aromatic carbocycles. The van der Waals surface area contributed by atoms with Crippen LogP contribution in [-0.2, 0) is 20.9 Å². The Balaban J connectivity index is 1.32. The zero-order valence-electron chi connectivity index (χ0n) is 22.3. The molecule has 1 fully saturated rings. The van der Waals surface area contributed by atoms with E-state index in [9.17, 15) is 14.4 Å². The zero-order valence-corrected chi connectivity index (χ0v) is 22.3. The number of hydrogen-bond acceptors (Lipinski definition) is 4. The fourth-order valence-corrected chi connectivity index (χ4v) is 5.60. The molecule has 2 aliphatic rings. The van der Waals surface area contributed by atoms with Crippen LogP contribution >= 0.6 is 0 Å². The van der Waals surface area contributed by atoms with Crippen LogP contribution in [0, 0.1) is 5.92 Å². The Kier molecular flexibility index (Phi) is 8.50. The molecule has 0 aromatic heterocycles. The van der Waals surface area contributed by atoms with Gasteiger partial charge in [0.15, 0.2) is 0 Å². The SMILES string of the molecule is O=C(O)/C=C/c1cccc(NC(=O)C(c2ccc(CN3N=C(c4ccccc4)CCC3=O)cc2)C2CCCC2)c1. The van der Waals surface area contributed by atoms with Crippen molar-refractivity contribution in [2.24, 2.45) is 11.0 Å². The standard InChI is InChI=1S/C33H33N3O4/c37-30-19-18-29(25-8-2-1-3-9-25)35-36(30)22-24-13-16-27(17-14-24)32(26-10-4-5-11-26)33(40)34-28-12-6-7-23(21-28)15-20-31(38)39/h1-3,6-9,12-17,20-21,26,32H,4-5,10-11,18-19,22H2,(H,34,40)(H,38,39)/b20-15+. The average Bonchev–Trinajstić information content (AvgIpc) is 3.49.